The van der Waals surface area contributed by atoms with Crippen molar-refractivity contribution in [2.75, 3.05) is 0 Å². The molecule has 4 nitrogen and oxygen atoms in total. The molecule has 0 aromatic carbocycles. The second-order valence-corrected chi connectivity index (χ2v) is 5.33. The number of Topliss-reactive ketones (excluding diaryl/α,β-unsaturated/α-hetero) is 1. The molecule has 0 N–H and O–H groups in total. The number of pyridine rings is 1. The zero-order chi connectivity index (χ0) is 13.8. The molecule has 2 heterocycles. The van der Waals surface area contributed by atoms with Crippen LogP contribution in [-0.4, -0.2) is 20.5 Å². The Morgan fingerprint density at radius 2 is 2.05 bits per heavy atom. The Morgan fingerprint density at radius 3 is 2.63 bits per heavy atom. The number of hydrogen-bond acceptors (Lipinski definition) is 3. The fraction of sp³-hybridized carbons (Fsp3) is 0.357. The third-order valence-electron chi connectivity index (χ3n) is 3.07. The van der Waals surface area contributed by atoms with Crippen LogP contribution in [0.4, 0.5) is 0 Å². The van der Waals surface area contributed by atoms with E-state index >= 15 is 0 Å². The van der Waals surface area contributed by atoms with Crippen molar-refractivity contribution in [1.29, 1.82) is 0 Å². The summed E-state index contributed by atoms with van der Waals surface area (Å²) in [4.78, 5) is 16.0. The van der Waals surface area contributed by atoms with Crippen LogP contribution in [0.1, 0.15) is 23.4 Å². The molecule has 0 saturated carbocycles. The second kappa shape index (κ2) is 6.10. The van der Waals surface area contributed by atoms with E-state index in [-0.39, 0.29) is 5.78 Å². The Labute approximate surface area is 121 Å². The first-order chi connectivity index (χ1) is 9.08. The van der Waals surface area contributed by atoms with Crippen LogP contribution in [0.5, 0.6) is 0 Å². The number of nitrogens with zero attached hydrogens (tertiary/aromatic N) is 3. The summed E-state index contributed by atoms with van der Waals surface area (Å²) in [6.45, 7) is 1.93. The van der Waals surface area contributed by atoms with Gasteiger partial charge in [-0.3, -0.25) is 14.5 Å². The van der Waals surface area contributed by atoms with Crippen LogP contribution in [0.25, 0.3) is 0 Å². The van der Waals surface area contributed by atoms with E-state index in [9.17, 15) is 4.79 Å². The maximum atomic E-state index is 12.0. The molecule has 2 aromatic heterocycles. The van der Waals surface area contributed by atoms with Gasteiger partial charge in [-0.15, -0.1) is 0 Å². The van der Waals surface area contributed by atoms with Gasteiger partial charge in [0, 0.05) is 32.3 Å². The minimum absolute atomic E-state index is 0.223. The van der Waals surface area contributed by atoms with Gasteiger partial charge in [-0.05, 0) is 47.0 Å². The molecule has 0 atom stereocenters. The van der Waals surface area contributed by atoms with E-state index in [1.807, 2.05) is 26.1 Å². The Morgan fingerprint density at radius 1 is 1.37 bits per heavy atom. The lowest BCUT2D eigenvalue weighted by Gasteiger charge is -2.03. The standard InChI is InChI=1S/C14H16BrN3O/c1-10-14(15)13(18(2)17-10)9-12(19)4-3-11-5-7-16-8-6-11/h5-8H,3-4,9H2,1-2H3. The summed E-state index contributed by atoms with van der Waals surface area (Å²) in [7, 11) is 1.86. The van der Waals surface area contributed by atoms with Crippen molar-refractivity contribution in [3.8, 4) is 0 Å². The zero-order valence-electron chi connectivity index (χ0n) is 11.1. The van der Waals surface area contributed by atoms with Crippen molar-refractivity contribution in [3.63, 3.8) is 0 Å². The summed E-state index contributed by atoms with van der Waals surface area (Å²) in [6, 6.07) is 3.88. The molecule has 0 aliphatic carbocycles. The predicted octanol–water partition coefficient (Wildman–Crippen LogP) is 2.63. The molecule has 19 heavy (non-hydrogen) atoms. The Bertz CT molecular complexity index is 578. The summed E-state index contributed by atoms with van der Waals surface area (Å²) < 4.78 is 2.70. The van der Waals surface area contributed by atoms with Gasteiger partial charge in [0.2, 0.25) is 0 Å². The molecule has 0 amide bonds. The van der Waals surface area contributed by atoms with Crippen molar-refractivity contribution < 1.29 is 4.79 Å². The van der Waals surface area contributed by atoms with Gasteiger partial charge in [-0.1, -0.05) is 0 Å². The van der Waals surface area contributed by atoms with Crippen molar-refractivity contribution in [2.45, 2.75) is 26.2 Å². The molecular formula is C14H16BrN3O. The number of hydrogen-bond donors (Lipinski definition) is 0. The summed E-state index contributed by atoms with van der Waals surface area (Å²) in [5.74, 6) is 0.223. The van der Waals surface area contributed by atoms with Crippen LogP contribution in [0.2, 0.25) is 0 Å². The maximum Gasteiger partial charge on any atom is 0.139 e. The van der Waals surface area contributed by atoms with Crippen molar-refractivity contribution in [3.05, 3.63) is 46.0 Å². The first-order valence-corrected chi connectivity index (χ1v) is 6.96. The lowest BCUT2D eigenvalue weighted by molar-refractivity contribution is -0.118. The molecule has 0 aliphatic rings. The zero-order valence-corrected chi connectivity index (χ0v) is 12.6. The van der Waals surface area contributed by atoms with E-state index in [0.29, 0.717) is 12.8 Å². The summed E-state index contributed by atoms with van der Waals surface area (Å²) >= 11 is 3.48. The molecule has 0 spiro atoms. The third kappa shape index (κ3) is 3.50. The number of halogens is 1. The van der Waals surface area contributed by atoms with E-state index in [1.165, 1.54) is 0 Å². The molecule has 100 valence electrons. The van der Waals surface area contributed by atoms with Crippen LogP contribution in [0, 0.1) is 6.92 Å². The SMILES string of the molecule is Cc1nn(C)c(CC(=O)CCc2ccncc2)c1Br. The summed E-state index contributed by atoms with van der Waals surface area (Å²) in [5, 5.41) is 4.29. The van der Waals surface area contributed by atoms with E-state index in [4.69, 9.17) is 0 Å². The molecule has 0 unspecified atom stereocenters. The lowest BCUT2D eigenvalue weighted by atomic mass is 10.1. The molecule has 0 bridgehead atoms. The summed E-state index contributed by atoms with van der Waals surface area (Å²) in [5.41, 5.74) is 3.00. The number of carbonyl (C=O) groups is 1. The fourth-order valence-electron chi connectivity index (χ4n) is 1.98. The molecule has 2 rings (SSSR count). The normalized spacial score (nSPS) is 10.7. The van der Waals surface area contributed by atoms with Crippen molar-refractivity contribution in [1.82, 2.24) is 14.8 Å². The highest BCUT2D eigenvalue weighted by Gasteiger charge is 2.14. The first-order valence-electron chi connectivity index (χ1n) is 6.16. The minimum atomic E-state index is 0.223. The molecule has 2 aromatic rings. The van der Waals surface area contributed by atoms with Gasteiger partial charge >= 0.3 is 0 Å². The molecule has 0 aliphatic heterocycles. The van der Waals surface area contributed by atoms with Gasteiger partial charge in [-0.25, -0.2) is 0 Å². The second-order valence-electron chi connectivity index (χ2n) is 4.54. The Kier molecular flexibility index (Phi) is 4.47. The molecule has 0 fully saturated rings. The molecule has 5 heteroatoms. The molecular weight excluding hydrogens is 306 g/mol. The van der Waals surface area contributed by atoms with Crippen molar-refractivity contribution >= 4 is 21.7 Å². The Balaban J connectivity index is 1.95. The monoisotopic (exact) mass is 321 g/mol. The van der Waals surface area contributed by atoms with E-state index in [1.54, 1.807) is 17.1 Å². The van der Waals surface area contributed by atoms with Gasteiger partial charge in [0.15, 0.2) is 0 Å². The van der Waals surface area contributed by atoms with Gasteiger partial charge in [0.05, 0.1) is 15.9 Å². The highest BCUT2D eigenvalue weighted by molar-refractivity contribution is 9.10. The topological polar surface area (TPSA) is 47.8 Å². The smallest absolute Gasteiger partial charge is 0.139 e. The van der Waals surface area contributed by atoms with Crippen molar-refractivity contribution in [2.24, 2.45) is 7.05 Å². The Hall–Kier alpha value is -1.49. The maximum absolute atomic E-state index is 12.0. The summed E-state index contributed by atoms with van der Waals surface area (Å²) in [6.07, 6.45) is 5.22. The average Bonchev–Trinajstić information content (AvgIpc) is 2.64. The van der Waals surface area contributed by atoms with Crippen LogP contribution in [0.15, 0.2) is 29.0 Å². The highest BCUT2D eigenvalue weighted by atomic mass is 79.9. The number of ketones is 1. The van der Waals surface area contributed by atoms with Crippen LogP contribution in [-0.2, 0) is 24.7 Å². The molecule has 0 saturated heterocycles. The number of rotatable bonds is 5. The predicted molar refractivity (Wildman–Crippen MR) is 76.9 cm³/mol. The van der Waals surface area contributed by atoms with Gasteiger partial charge in [0.25, 0.3) is 0 Å². The third-order valence-corrected chi connectivity index (χ3v) is 4.10. The van der Waals surface area contributed by atoms with Crippen LogP contribution >= 0.6 is 15.9 Å². The molecule has 0 radical (unpaired) electrons. The quantitative estimate of drug-likeness (QED) is 0.850. The minimum Gasteiger partial charge on any atom is -0.299 e. The van der Waals surface area contributed by atoms with Crippen LogP contribution < -0.4 is 0 Å². The van der Waals surface area contributed by atoms with E-state index in [0.717, 1.165) is 27.8 Å². The van der Waals surface area contributed by atoms with E-state index in [2.05, 4.69) is 26.0 Å². The first kappa shape index (κ1) is 13.9. The number of aromatic nitrogens is 3. The number of aryl methyl sites for hydroxylation is 3. The average molecular weight is 322 g/mol. The highest BCUT2D eigenvalue weighted by Crippen LogP contribution is 2.21. The van der Waals surface area contributed by atoms with Crippen LogP contribution in [0.3, 0.4) is 0 Å². The number of carbonyl (C=O) groups excluding carboxylic acids is 1. The lowest BCUT2D eigenvalue weighted by Crippen LogP contribution is -2.09. The van der Waals surface area contributed by atoms with Gasteiger partial charge in [0.1, 0.15) is 5.78 Å². The largest absolute Gasteiger partial charge is 0.299 e. The fourth-order valence-corrected chi connectivity index (χ4v) is 2.46. The van der Waals surface area contributed by atoms with Gasteiger partial charge < -0.3 is 0 Å². The van der Waals surface area contributed by atoms with E-state index < -0.39 is 0 Å². The van der Waals surface area contributed by atoms with Gasteiger partial charge in [-0.2, -0.15) is 5.10 Å².